The molecule has 0 spiro atoms. The number of halogens is 1. The summed E-state index contributed by atoms with van der Waals surface area (Å²) in [5.74, 6) is -0.694. The highest BCUT2D eigenvalue weighted by molar-refractivity contribution is 5.99. The number of aromatic hydroxyl groups is 1. The van der Waals surface area contributed by atoms with Crippen LogP contribution in [0.2, 0.25) is 0 Å². The zero-order chi connectivity index (χ0) is 13.8. The molecule has 0 aliphatic rings. The van der Waals surface area contributed by atoms with Crippen LogP contribution in [-0.4, -0.2) is 16.1 Å². The zero-order valence-electron chi connectivity index (χ0n) is 9.75. The second-order valence-electron chi connectivity index (χ2n) is 3.70. The van der Waals surface area contributed by atoms with Crippen molar-refractivity contribution >= 4 is 5.84 Å². The van der Waals surface area contributed by atoms with Crippen molar-refractivity contribution in [3.8, 4) is 17.2 Å². The lowest BCUT2D eigenvalue weighted by Crippen LogP contribution is -2.14. The van der Waals surface area contributed by atoms with Crippen LogP contribution in [0.3, 0.4) is 0 Å². The monoisotopic (exact) mass is 262 g/mol. The number of ether oxygens (including phenoxy) is 1. The van der Waals surface area contributed by atoms with Gasteiger partial charge in [-0.1, -0.05) is 17.3 Å². The van der Waals surface area contributed by atoms with Crippen LogP contribution in [0.5, 0.6) is 17.2 Å². The van der Waals surface area contributed by atoms with E-state index in [2.05, 4.69) is 5.16 Å². The highest BCUT2D eigenvalue weighted by atomic mass is 19.1. The number of amidine groups is 1. The van der Waals surface area contributed by atoms with Gasteiger partial charge in [0.25, 0.3) is 0 Å². The molecule has 0 aliphatic heterocycles. The molecule has 6 heteroatoms. The molecule has 4 N–H and O–H groups in total. The van der Waals surface area contributed by atoms with E-state index in [1.165, 1.54) is 6.07 Å². The Kier molecular flexibility index (Phi) is 3.51. The highest BCUT2D eigenvalue weighted by Crippen LogP contribution is 2.32. The Morgan fingerprint density at radius 3 is 2.58 bits per heavy atom. The van der Waals surface area contributed by atoms with Crippen LogP contribution >= 0.6 is 0 Å². The molecule has 0 aliphatic carbocycles. The Bertz CT molecular complexity index is 629. The Morgan fingerprint density at radius 2 is 1.89 bits per heavy atom. The van der Waals surface area contributed by atoms with Gasteiger partial charge in [-0.05, 0) is 24.3 Å². The van der Waals surface area contributed by atoms with Crippen molar-refractivity contribution in [1.82, 2.24) is 0 Å². The summed E-state index contributed by atoms with van der Waals surface area (Å²) in [6.07, 6.45) is 0. The first-order chi connectivity index (χ1) is 9.11. The maximum absolute atomic E-state index is 12.9. The average molecular weight is 262 g/mol. The minimum Gasteiger partial charge on any atom is -0.504 e. The molecule has 0 atom stereocenters. The van der Waals surface area contributed by atoms with E-state index in [0.29, 0.717) is 5.56 Å². The van der Waals surface area contributed by atoms with Crippen molar-refractivity contribution in [2.75, 3.05) is 0 Å². The molecule has 2 aromatic rings. The average Bonchev–Trinajstić information content (AvgIpc) is 2.41. The van der Waals surface area contributed by atoms with Gasteiger partial charge in [0, 0.05) is 6.07 Å². The van der Waals surface area contributed by atoms with Crippen molar-refractivity contribution in [2.45, 2.75) is 0 Å². The summed E-state index contributed by atoms with van der Waals surface area (Å²) in [5, 5.41) is 21.1. The predicted octanol–water partition coefficient (Wildman–Crippen LogP) is 2.42. The van der Waals surface area contributed by atoms with Crippen LogP contribution in [0.15, 0.2) is 47.6 Å². The lowest BCUT2D eigenvalue weighted by Gasteiger charge is -2.11. The Hall–Kier alpha value is -2.76. The van der Waals surface area contributed by atoms with Gasteiger partial charge in [-0.25, -0.2) is 4.39 Å². The second kappa shape index (κ2) is 5.26. The zero-order valence-corrected chi connectivity index (χ0v) is 9.75. The van der Waals surface area contributed by atoms with Crippen LogP contribution in [0.25, 0.3) is 0 Å². The van der Waals surface area contributed by atoms with Crippen LogP contribution < -0.4 is 10.5 Å². The summed E-state index contributed by atoms with van der Waals surface area (Å²) in [6, 6.07) is 9.91. The molecule has 0 unspecified atom stereocenters. The van der Waals surface area contributed by atoms with E-state index in [-0.39, 0.29) is 23.1 Å². The van der Waals surface area contributed by atoms with E-state index < -0.39 is 5.82 Å². The van der Waals surface area contributed by atoms with E-state index in [0.717, 1.165) is 12.1 Å². The van der Waals surface area contributed by atoms with Crippen LogP contribution in [-0.2, 0) is 0 Å². The van der Waals surface area contributed by atoms with Gasteiger partial charge < -0.3 is 20.8 Å². The number of hydrogen-bond donors (Lipinski definition) is 3. The second-order valence-corrected chi connectivity index (χ2v) is 3.70. The number of benzene rings is 2. The molecule has 0 saturated carbocycles. The molecule has 0 bridgehead atoms. The fraction of sp³-hybridized carbons (Fsp3) is 0. The topological polar surface area (TPSA) is 88.1 Å². The van der Waals surface area contributed by atoms with E-state index in [1.54, 1.807) is 24.3 Å². The summed E-state index contributed by atoms with van der Waals surface area (Å²) in [5.41, 5.74) is 5.86. The van der Waals surface area contributed by atoms with Gasteiger partial charge in [-0.3, -0.25) is 0 Å². The predicted molar refractivity (Wildman–Crippen MR) is 67.1 cm³/mol. The van der Waals surface area contributed by atoms with E-state index >= 15 is 0 Å². The Balaban J connectivity index is 2.38. The van der Waals surface area contributed by atoms with Gasteiger partial charge in [-0.2, -0.15) is 0 Å². The van der Waals surface area contributed by atoms with Gasteiger partial charge in [0.05, 0.1) is 5.56 Å². The number of nitrogens with zero attached hydrogens (tertiary/aromatic N) is 1. The Labute approximate surface area is 108 Å². The molecule has 0 aromatic heterocycles. The standard InChI is InChI=1S/C13H11FN2O3/c14-8-5-6-12(10(17)7-8)19-11-4-2-1-3-9(11)13(15)16-18/h1-7,17-18H,(H2,15,16). The van der Waals surface area contributed by atoms with Gasteiger partial charge in [0.15, 0.2) is 17.3 Å². The lowest BCUT2D eigenvalue weighted by molar-refractivity contribution is 0.318. The van der Waals surface area contributed by atoms with Gasteiger partial charge in [0.1, 0.15) is 11.6 Å². The normalized spacial score (nSPS) is 11.3. The van der Waals surface area contributed by atoms with Gasteiger partial charge in [0.2, 0.25) is 0 Å². The Morgan fingerprint density at radius 1 is 1.16 bits per heavy atom. The maximum Gasteiger partial charge on any atom is 0.173 e. The fourth-order valence-corrected chi connectivity index (χ4v) is 1.52. The molecule has 0 amide bonds. The number of phenols is 1. The smallest absolute Gasteiger partial charge is 0.173 e. The van der Waals surface area contributed by atoms with E-state index in [9.17, 15) is 9.50 Å². The number of para-hydroxylation sites is 1. The highest BCUT2D eigenvalue weighted by Gasteiger charge is 2.11. The van der Waals surface area contributed by atoms with Gasteiger partial charge in [-0.15, -0.1) is 0 Å². The molecular weight excluding hydrogens is 251 g/mol. The number of phenolic OH excluding ortho intramolecular Hbond substituents is 1. The number of nitrogens with two attached hydrogens (primary N) is 1. The minimum absolute atomic E-state index is 0.0691. The molecule has 0 fully saturated rings. The molecule has 0 radical (unpaired) electrons. The van der Waals surface area contributed by atoms with E-state index in [4.69, 9.17) is 15.7 Å². The molecule has 98 valence electrons. The first kappa shape index (κ1) is 12.7. The largest absolute Gasteiger partial charge is 0.504 e. The third kappa shape index (κ3) is 2.74. The summed E-state index contributed by atoms with van der Waals surface area (Å²) in [7, 11) is 0. The third-order valence-corrected chi connectivity index (χ3v) is 2.41. The molecular formula is C13H11FN2O3. The summed E-state index contributed by atoms with van der Waals surface area (Å²) < 4.78 is 18.3. The molecule has 2 aromatic carbocycles. The van der Waals surface area contributed by atoms with Crippen LogP contribution in [0, 0.1) is 5.82 Å². The minimum atomic E-state index is -0.574. The molecule has 19 heavy (non-hydrogen) atoms. The maximum atomic E-state index is 12.9. The molecule has 2 rings (SSSR count). The molecule has 0 saturated heterocycles. The molecule has 0 heterocycles. The van der Waals surface area contributed by atoms with Crippen molar-refractivity contribution in [3.05, 3.63) is 53.8 Å². The SMILES string of the molecule is N/C(=N\O)c1ccccc1Oc1ccc(F)cc1O. The first-order valence-electron chi connectivity index (χ1n) is 5.35. The first-order valence-corrected chi connectivity index (χ1v) is 5.35. The number of oxime groups is 1. The number of hydrogen-bond acceptors (Lipinski definition) is 4. The van der Waals surface area contributed by atoms with Crippen molar-refractivity contribution in [1.29, 1.82) is 0 Å². The fourth-order valence-electron chi connectivity index (χ4n) is 1.52. The summed E-state index contributed by atoms with van der Waals surface area (Å²) >= 11 is 0. The summed E-state index contributed by atoms with van der Waals surface area (Å²) in [4.78, 5) is 0. The van der Waals surface area contributed by atoms with Crippen molar-refractivity contribution in [2.24, 2.45) is 10.9 Å². The third-order valence-electron chi connectivity index (χ3n) is 2.41. The quantitative estimate of drug-likeness (QED) is 0.343. The molecule has 5 nitrogen and oxygen atoms in total. The van der Waals surface area contributed by atoms with Crippen LogP contribution in [0.1, 0.15) is 5.56 Å². The van der Waals surface area contributed by atoms with Gasteiger partial charge >= 0.3 is 0 Å². The lowest BCUT2D eigenvalue weighted by atomic mass is 10.2. The van der Waals surface area contributed by atoms with Crippen molar-refractivity contribution < 1.29 is 19.4 Å². The van der Waals surface area contributed by atoms with E-state index in [1.807, 2.05) is 0 Å². The number of rotatable bonds is 3. The van der Waals surface area contributed by atoms with Crippen LogP contribution in [0.4, 0.5) is 4.39 Å². The van der Waals surface area contributed by atoms with Crippen molar-refractivity contribution in [3.63, 3.8) is 0 Å². The summed E-state index contributed by atoms with van der Waals surface area (Å²) in [6.45, 7) is 0.